The molecule has 0 aliphatic heterocycles. The lowest BCUT2D eigenvalue weighted by Gasteiger charge is -2.21. The van der Waals surface area contributed by atoms with Crippen LogP contribution in [0, 0.1) is 11.8 Å². The predicted molar refractivity (Wildman–Crippen MR) is 54.4 cm³/mol. The van der Waals surface area contributed by atoms with Crippen LogP contribution in [0.2, 0.25) is 0 Å². The third kappa shape index (κ3) is 4.23. The molecule has 0 amide bonds. The first-order chi connectivity index (χ1) is 5.79. The zero-order chi connectivity index (χ0) is 10.6. The minimum absolute atomic E-state index is 0.119. The summed E-state index contributed by atoms with van der Waals surface area (Å²) in [6, 6.07) is 0. The fourth-order valence-corrected chi connectivity index (χ4v) is 1.06. The molecule has 0 fully saturated rings. The number of Topliss-reactive ketones (excluding diaryl/α,β-unsaturated/α-hetero) is 1. The predicted octanol–water partition coefficient (Wildman–Crippen LogP) is 2.17. The zero-order valence-corrected chi connectivity index (χ0v) is 9.00. The van der Waals surface area contributed by atoms with Crippen LogP contribution in [0.4, 0.5) is 0 Å². The average Bonchev–Trinajstić information content (AvgIpc) is 1.96. The lowest BCUT2D eigenvalue weighted by molar-refractivity contribution is -0.135. The molecule has 13 heavy (non-hydrogen) atoms. The van der Waals surface area contributed by atoms with Crippen LogP contribution in [0.25, 0.3) is 0 Å². The molecule has 0 saturated heterocycles. The quantitative estimate of drug-likeness (QED) is 0.665. The van der Waals surface area contributed by atoms with Gasteiger partial charge in [-0.25, -0.2) is 0 Å². The number of rotatable bonds is 5. The first-order valence-corrected chi connectivity index (χ1v) is 4.67. The number of carbonyl (C=O) groups is 1. The van der Waals surface area contributed by atoms with E-state index >= 15 is 0 Å². The molecule has 0 saturated carbocycles. The van der Waals surface area contributed by atoms with Crippen LogP contribution in [0.5, 0.6) is 0 Å². The number of hydrogen-bond acceptors (Lipinski definition) is 2. The molecule has 0 aliphatic rings. The van der Waals surface area contributed by atoms with E-state index < -0.39 is 5.60 Å². The topological polar surface area (TPSA) is 37.3 Å². The van der Waals surface area contributed by atoms with Crippen LogP contribution in [-0.2, 0) is 4.79 Å². The van der Waals surface area contributed by atoms with Crippen LogP contribution in [0.1, 0.15) is 34.1 Å². The Kier molecular flexibility index (Phi) is 4.34. The first-order valence-electron chi connectivity index (χ1n) is 4.67. The largest absolute Gasteiger partial charge is 0.383 e. The van der Waals surface area contributed by atoms with Crippen LogP contribution in [-0.4, -0.2) is 16.5 Å². The summed E-state index contributed by atoms with van der Waals surface area (Å²) in [6.07, 6.45) is 2.17. The van der Waals surface area contributed by atoms with E-state index in [1.54, 1.807) is 6.08 Å². The van der Waals surface area contributed by atoms with Crippen molar-refractivity contribution in [3.63, 3.8) is 0 Å². The minimum Gasteiger partial charge on any atom is -0.383 e. The number of hydrogen-bond donors (Lipinski definition) is 1. The number of aliphatic hydroxyl groups is 1. The highest BCUT2D eigenvalue weighted by Gasteiger charge is 2.26. The van der Waals surface area contributed by atoms with Gasteiger partial charge in [0.1, 0.15) is 5.60 Å². The smallest absolute Gasteiger partial charge is 0.164 e. The van der Waals surface area contributed by atoms with Gasteiger partial charge in [0.2, 0.25) is 0 Å². The van der Waals surface area contributed by atoms with Gasteiger partial charge in [-0.05, 0) is 25.7 Å². The normalized spacial score (nSPS) is 14.3. The highest BCUT2D eigenvalue weighted by molar-refractivity contribution is 5.86. The molecule has 2 nitrogen and oxygen atoms in total. The molecule has 0 radical (unpaired) electrons. The fraction of sp³-hybridized carbons (Fsp3) is 0.727. The van der Waals surface area contributed by atoms with E-state index in [1.807, 2.05) is 13.8 Å². The molecule has 1 N–H and O–H groups in total. The maximum atomic E-state index is 11.4. The highest BCUT2D eigenvalue weighted by atomic mass is 16.3. The van der Waals surface area contributed by atoms with E-state index in [0.29, 0.717) is 12.3 Å². The molecular weight excluding hydrogens is 164 g/mol. The molecule has 1 atom stereocenters. The molecule has 0 bridgehead atoms. The second-order valence-corrected chi connectivity index (χ2v) is 4.33. The maximum Gasteiger partial charge on any atom is 0.164 e. The van der Waals surface area contributed by atoms with Crippen LogP contribution < -0.4 is 0 Å². The Morgan fingerprint density at radius 1 is 1.54 bits per heavy atom. The maximum absolute atomic E-state index is 11.4. The van der Waals surface area contributed by atoms with E-state index in [9.17, 15) is 9.90 Å². The summed E-state index contributed by atoms with van der Waals surface area (Å²) in [7, 11) is 0. The molecule has 0 aromatic carbocycles. The van der Waals surface area contributed by atoms with Gasteiger partial charge in [-0.15, -0.1) is 6.58 Å². The molecule has 1 unspecified atom stereocenters. The van der Waals surface area contributed by atoms with E-state index in [4.69, 9.17) is 0 Å². The van der Waals surface area contributed by atoms with Crippen molar-refractivity contribution in [3.8, 4) is 0 Å². The minimum atomic E-state index is -1.21. The molecule has 0 rings (SSSR count). The van der Waals surface area contributed by atoms with Crippen molar-refractivity contribution < 1.29 is 9.90 Å². The number of carbonyl (C=O) groups excluding carboxylic acids is 1. The molecular formula is C11H20O2. The summed E-state index contributed by atoms with van der Waals surface area (Å²) in [5.74, 6) is 0.439. The molecule has 0 spiro atoms. The van der Waals surface area contributed by atoms with Gasteiger partial charge in [0.15, 0.2) is 5.78 Å². The monoisotopic (exact) mass is 184 g/mol. The van der Waals surface area contributed by atoms with E-state index in [0.717, 1.165) is 0 Å². The van der Waals surface area contributed by atoms with E-state index in [1.165, 1.54) is 13.8 Å². The third-order valence-corrected chi connectivity index (χ3v) is 2.26. The van der Waals surface area contributed by atoms with Crippen molar-refractivity contribution in [1.82, 2.24) is 0 Å². The molecule has 2 heteroatoms. The molecule has 76 valence electrons. The summed E-state index contributed by atoms with van der Waals surface area (Å²) in [4.78, 5) is 11.4. The SMILES string of the molecule is C=CC(CC(=O)C(C)(C)O)C(C)C. The average molecular weight is 184 g/mol. The second kappa shape index (κ2) is 4.56. The Morgan fingerprint density at radius 3 is 2.23 bits per heavy atom. The van der Waals surface area contributed by atoms with Crippen molar-refractivity contribution >= 4 is 5.78 Å². The molecule has 0 aliphatic carbocycles. The van der Waals surface area contributed by atoms with E-state index in [2.05, 4.69) is 6.58 Å². The van der Waals surface area contributed by atoms with Crippen LogP contribution in [0.15, 0.2) is 12.7 Å². The van der Waals surface area contributed by atoms with Gasteiger partial charge < -0.3 is 5.11 Å². The first kappa shape index (κ1) is 12.4. The Balaban J connectivity index is 4.26. The standard InChI is InChI=1S/C11H20O2/c1-6-9(8(2)3)7-10(12)11(4,5)13/h6,8-9,13H,1,7H2,2-5H3. The number of ketones is 1. The van der Waals surface area contributed by atoms with Gasteiger partial charge in [-0.1, -0.05) is 19.9 Å². The second-order valence-electron chi connectivity index (χ2n) is 4.33. The summed E-state index contributed by atoms with van der Waals surface area (Å²) in [5, 5.41) is 9.43. The molecule has 0 aromatic rings. The fourth-order valence-electron chi connectivity index (χ4n) is 1.06. The Hall–Kier alpha value is -0.630. The molecule has 0 aromatic heterocycles. The highest BCUT2D eigenvalue weighted by Crippen LogP contribution is 2.19. The summed E-state index contributed by atoms with van der Waals surface area (Å²) in [6.45, 7) is 10.8. The van der Waals surface area contributed by atoms with Gasteiger partial charge >= 0.3 is 0 Å². The lowest BCUT2D eigenvalue weighted by atomic mass is 9.87. The summed E-state index contributed by atoms with van der Waals surface area (Å²) < 4.78 is 0. The van der Waals surface area contributed by atoms with Crippen molar-refractivity contribution in [1.29, 1.82) is 0 Å². The zero-order valence-electron chi connectivity index (χ0n) is 9.00. The van der Waals surface area contributed by atoms with Gasteiger partial charge in [-0.3, -0.25) is 4.79 Å². The van der Waals surface area contributed by atoms with Crippen molar-refractivity contribution in [2.75, 3.05) is 0 Å². The lowest BCUT2D eigenvalue weighted by Crippen LogP contribution is -2.33. The van der Waals surface area contributed by atoms with Gasteiger partial charge in [0.25, 0.3) is 0 Å². The Labute approximate surface area is 80.7 Å². The van der Waals surface area contributed by atoms with Gasteiger partial charge in [-0.2, -0.15) is 0 Å². The summed E-state index contributed by atoms with van der Waals surface area (Å²) in [5.41, 5.74) is -1.21. The van der Waals surface area contributed by atoms with Gasteiger partial charge in [0, 0.05) is 6.42 Å². The summed E-state index contributed by atoms with van der Waals surface area (Å²) >= 11 is 0. The third-order valence-electron chi connectivity index (χ3n) is 2.26. The van der Waals surface area contributed by atoms with Crippen LogP contribution in [0.3, 0.4) is 0 Å². The van der Waals surface area contributed by atoms with Crippen molar-refractivity contribution in [2.45, 2.75) is 39.7 Å². The molecule has 0 heterocycles. The van der Waals surface area contributed by atoms with Crippen molar-refractivity contribution in [3.05, 3.63) is 12.7 Å². The van der Waals surface area contributed by atoms with E-state index in [-0.39, 0.29) is 11.7 Å². The Bertz CT molecular complexity index is 187. The van der Waals surface area contributed by atoms with Crippen molar-refractivity contribution in [2.24, 2.45) is 11.8 Å². The Morgan fingerprint density at radius 2 is 2.00 bits per heavy atom. The van der Waals surface area contributed by atoms with Gasteiger partial charge in [0.05, 0.1) is 0 Å². The number of allylic oxidation sites excluding steroid dienone is 1. The van der Waals surface area contributed by atoms with Crippen LogP contribution >= 0.6 is 0 Å².